The van der Waals surface area contributed by atoms with Crippen LogP contribution in [0.4, 0.5) is 15.8 Å². The Morgan fingerprint density at radius 2 is 1.87 bits per heavy atom. The van der Waals surface area contributed by atoms with E-state index in [2.05, 4.69) is 4.98 Å². The number of aromatic nitrogens is 1. The van der Waals surface area contributed by atoms with Crippen LogP contribution in [0.1, 0.15) is 22.7 Å². The van der Waals surface area contributed by atoms with Gasteiger partial charge in [0.1, 0.15) is 5.82 Å². The summed E-state index contributed by atoms with van der Waals surface area (Å²) in [5.41, 5.74) is 3.27. The highest BCUT2D eigenvalue weighted by Gasteiger charge is 2.37. The fourth-order valence-corrected chi connectivity index (χ4v) is 4.23. The van der Waals surface area contributed by atoms with Gasteiger partial charge in [-0.1, -0.05) is 17.7 Å². The van der Waals surface area contributed by atoms with E-state index in [-0.39, 0.29) is 30.6 Å². The van der Waals surface area contributed by atoms with E-state index in [4.69, 9.17) is 0 Å². The maximum atomic E-state index is 13.4. The van der Waals surface area contributed by atoms with Crippen molar-refractivity contribution in [2.24, 2.45) is 5.92 Å². The van der Waals surface area contributed by atoms with Gasteiger partial charge in [0.25, 0.3) is 0 Å². The Labute approximate surface area is 178 Å². The molecule has 1 saturated heterocycles. The highest BCUT2D eigenvalue weighted by molar-refractivity contribution is 7.09. The topological polar surface area (TPSA) is 53.5 Å². The Kier molecular flexibility index (Phi) is 5.63. The van der Waals surface area contributed by atoms with E-state index in [1.54, 1.807) is 21.9 Å². The number of carbonyl (C=O) groups is 2. The lowest BCUT2D eigenvalue weighted by Gasteiger charge is -2.25. The number of aryl methyl sites for hydroxylation is 2. The van der Waals surface area contributed by atoms with Crippen LogP contribution in [-0.4, -0.2) is 23.3 Å². The summed E-state index contributed by atoms with van der Waals surface area (Å²) in [4.78, 5) is 33.8. The molecule has 154 valence electrons. The van der Waals surface area contributed by atoms with Crippen LogP contribution >= 0.6 is 11.3 Å². The monoisotopic (exact) mass is 423 g/mol. The number of hydrogen-bond donors (Lipinski definition) is 0. The van der Waals surface area contributed by atoms with Crippen LogP contribution in [0.5, 0.6) is 0 Å². The normalized spacial score (nSPS) is 16.2. The SMILES string of the molecule is Cc1ccc(N2CC(C(=O)N(Cc3csc(C)n3)c3ccc(F)cc3)CC2=O)cc1. The fraction of sp³-hybridized carbons (Fsp3) is 0.261. The molecule has 7 heteroatoms. The standard InChI is InChI=1S/C23H22FN3O2S/c1-15-3-7-20(8-4-15)26-12-17(11-22(26)28)23(29)27(13-19-14-30-16(2)25-19)21-9-5-18(24)6-10-21/h3-10,14,17H,11-13H2,1-2H3. The molecule has 1 unspecified atom stereocenters. The number of carbonyl (C=O) groups excluding carboxylic acids is 2. The lowest BCUT2D eigenvalue weighted by molar-refractivity contribution is -0.124. The van der Waals surface area contributed by atoms with Gasteiger partial charge in [-0.2, -0.15) is 0 Å². The third kappa shape index (κ3) is 4.26. The molecule has 3 aromatic rings. The van der Waals surface area contributed by atoms with E-state index in [0.717, 1.165) is 22.0 Å². The Hall–Kier alpha value is -3.06. The number of anilines is 2. The van der Waals surface area contributed by atoms with Crippen LogP contribution in [0.2, 0.25) is 0 Å². The van der Waals surface area contributed by atoms with Crippen molar-refractivity contribution in [2.45, 2.75) is 26.8 Å². The average Bonchev–Trinajstić information content (AvgIpc) is 3.32. The molecule has 0 N–H and O–H groups in total. The minimum absolute atomic E-state index is 0.0687. The Bertz CT molecular complexity index is 1060. The number of halogens is 1. The average molecular weight is 424 g/mol. The Morgan fingerprint density at radius 1 is 1.17 bits per heavy atom. The van der Waals surface area contributed by atoms with Crippen molar-refractivity contribution in [1.82, 2.24) is 4.98 Å². The summed E-state index contributed by atoms with van der Waals surface area (Å²) in [5, 5.41) is 2.83. The van der Waals surface area contributed by atoms with E-state index < -0.39 is 5.92 Å². The zero-order valence-electron chi connectivity index (χ0n) is 16.8. The van der Waals surface area contributed by atoms with Gasteiger partial charge in [-0.3, -0.25) is 9.59 Å². The molecule has 2 heterocycles. The van der Waals surface area contributed by atoms with Crippen LogP contribution in [0.15, 0.2) is 53.9 Å². The summed E-state index contributed by atoms with van der Waals surface area (Å²) in [6, 6.07) is 13.5. The predicted molar refractivity (Wildman–Crippen MR) is 116 cm³/mol. The maximum absolute atomic E-state index is 13.4. The predicted octanol–water partition coefficient (Wildman–Crippen LogP) is 4.49. The lowest BCUT2D eigenvalue weighted by Crippen LogP contribution is -2.37. The molecule has 1 aromatic heterocycles. The molecule has 5 nitrogen and oxygen atoms in total. The first-order valence-corrected chi connectivity index (χ1v) is 10.6. The third-order valence-electron chi connectivity index (χ3n) is 5.21. The van der Waals surface area contributed by atoms with E-state index in [1.165, 1.54) is 23.5 Å². The molecule has 4 rings (SSSR count). The largest absolute Gasteiger partial charge is 0.312 e. The minimum atomic E-state index is -0.469. The number of hydrogen-bond acceptors (Lipinski definition) is 4. The summed E-state index contributed by atoms with van der Waals surface area (Å²) in [6.45, 7) is 4.51. The van der Waals surface area contributed by atoms with E-state index in [0.29, 0.717) is 12.2 Å². The molecule has 0 radical (unpaired) electrons. The van der Waals surface area contributed by atoms with Gasteiger partial charge in [-0.15, -0.1) is 11.3 Å². The van der Waals surface area contributed by atoms with Crippen molar-refractivity contribution < 1.29 is 14.0 Å². The Morgan fingerprint density at radius 3 is 2.50 bits per heavy atom. The highest BCUT2D eigenvalue weighted by atomic mass is 32.1. The zero-order valence-corrected chi connectivity index (χ0v) is 17.7. The Balaban J connectivity index is 1.58. The molecule has 2 amide bonds. The molecule has 1 fully saturated rings. The smallest absolute Gasteiger partial charge is 0.232 e. The quantitative estimate of drug-likeness (QED) is 0.608. The molecule has 0 saturated carbocycles. The molecule has 1 aliphatic heterocycles. The molecular formula is C23H22FN3O2S. The van der Waals surface area contributed by atoms with Crippen LogP contribution in [0.3, 0.4) is 0 Å². The molecule has 1 atom stereocenters. The number of rotatable bonds is 5. The van der Waals surface area contributed by atoms with Gasteiger partial charge in [0.2, 0.25) is 11.8 Å². The van der Waals surface area contributed by atoms with E-state index >= 15 is 0 Å². The summed E-state index contributed by atoms with van der Waals surface area (Å²) in [5.74, 6) is -1.06. The number of amides is 2. The number of benzene rings is 2. The van der Waals surface area contributed by atoms with E-state index in [1.807, 2.05) is 43.5 Å². The second-order valence-corrected chi connectivity index (χ2v) is 8.56. The molecule has 30 heavy (non-hydrogen) atoms. The van der Waals surface area contributed by atoms with Crippen molar-refractivity contribution in [3.8, 4) is 0 Å². The van der Waals surface area contributed by atoms with Gasteiger partial charge >= 0.3 is 0 Å². The highest BCUT2D eigenvalue weighted by Crippen LogP contribution is 2.29. The van der Waals surface area contributed by atoms with Gasteiger partial charge in [0, 0.05) is 29.7 Å². The third-order valence-corrected chi connectivity index (χ3v) is 6.03. The summed E-state index contributed by atoms with van der Waals surface area (Å²) in [6.07, 6.45) is 0.153. The van der Waals surface area contributed by atoms with Gasteiger partial charge in [0.05, 0.1) is 23.2 Å². The first kappa shape index (κ1) is 20.2. The van der Waals surface area contributed by atoms with Gasteiger partial charge in [-0.05, 0) is 50.2 Å². The minimum Gasteiger partial charge on any atom is -0.312 e. The van der Waals surface area contributed by atoms with Crippen LogP contribution < -0.4 is 9.80 Å². The second kappa shape index (κ2) is 8.36. The van der Waals surface area contributed by atoms with Crippen molar-refractivity contribution >= 4 is 34.5 Å². The van der Waals surface area contributed by atoms with Crippen molar-refractivity contribution in [3.63, 3.8) is 0 Å². The van der Waals surface area contributed by atoms with Crippen LogP contribution in [-0.2, 0) is 16.1 Å². The van der Waals surface area contributed by atoms with Crippen molar-refractivity contribution in [2.75, 3.05) is 16.3 Å². The second-order valence-electron chi connectivity index (χ2n) is 7.50. The summed E-state index contributed by atoms with van der Waals surface area (Å²) < 4.78 is 13.4. The van der Waals surface area contributed by atoms with Crippen molar-refractivity contribution in [3.05, 3.63) is 76.0 Å². The fourth-order valence-electron chi connectivity index (χ4n) is 3.63. The molecule has 1 aliphatic rings. The molecule has 0 aliphatic carbocycles. The van der Waals surface area contributed by atoms with Crippen molar-refractivity contribution in [1.29, 1.82) is 0 Å². The summed E-state index contributed by atoms with van der Waals surface area (Å²) >= 11 is 1.52. The molecule has 0 spiro atoms. The van der Waals surface area contributed by atoms with Gasteiger partial charge in [-0.25, -0.2) is 9.37 Å². The first-order chi connectivity index (χ1) is 14.4. The number of thiazole rings is 1. The maximum Gasteiger partial charge on any atom is 0.232 e. The van der Waals surface area contributed by atoms with Gasteiger partial charge in [0.15, 0.2) is 0 Å². The number of nitrogens with zero attached hydrogens (tertiary/aromatic N) is 3. The molecule has 2 aromatic carbocycles. The van der Waals surface area contributed by atoms with E-state index in [9.17, 15) is 14.0 Å². The zero-order chi connectivity index (χ0) is 21.3. The lowest BCUT2D eigenvalue weighted by atomic mass is 10.1. The first-order valence-electron chi connectivity index (χ1n) is 9.75. The van der Waals surface area contributed by atoms with Crippen LogP contribution in [0.25, 0.3) is 0 Å². The molecule has 0 bridgehead atoms. The van der Waals surface area contributed by atoms with Crippen LogP contribution in [0, 0.1) is 25.6 Å². The van der Waals surface area contributed by atoms with Gasteiger partial charge < -0.3 is 9.80 Å². The molecular weight excluding hydrogens is 401 g/mol. The summed E-state index contributed by atoms with van der Waals surface area (Å²) in [7, 11) is 0.